The molecule has 0 fully saturated rings. The van der Waals surface area contributed by atoms with E-state index in [1.54, 1.807) is 12.5 Å². The number of imidazole rings is 1. The van der Waals surface area contributed by atoms with Crippen LogP contribution in [0.3, 0.4) is 0 Å². The summed E-state index contributed by atoms with van der Waals surface area (Å²) in [4.78, 5) is 15.4. The van der Waals surface area contributed by atoms with Gasteiger partial charge >= 0.3 is 0 Å². The van der Waals surface area contributed by atoms with E-state index in [2.05, 4.69) is 44.3 Å². The first-order chi connectivity index (χ1) is 14.2. The molecule has 4 rings (SSSR count). The van der Waals surface area contributed by atoms with Crippen LogP contribution >= 0.6 is 0 Å². The zero-order chi connectivity index (χ0) is 20.1. The van der Waals surface area contributed by atoms with Gasteiger partial charge in [-0.15, -0.1) is 0 Å². The third-order valence-corrected chi connectivity index (χ3v) is 4.74. The second-order valence-electron chi connectivity index (χ2n) is 7.07. The van der Waals surface area contributed by atoms with Gasteiger partial charge in [0.2, 0.25) is 5.95 Å². The summed E-state index contributed by atoms with van der Waals surface area (Å²) >= 11 is 0. The molecular formula is C21H26N6O2. The lowest BCUT2D eigenvalue weighted by Gasteiger charge is -2.20. The van der Waals surface area contributed by atoms with Crippen molar-refractivity contribution in [2.45, 2.75) is 19.9 Å². The number of aromatic nitrogens is 4. The van der Waals surface area contributed by atoms with Gasteiger partial charge < -0.3 is 19.7 Å². The molecule has 0 radical (unpaired) electrons. The number of rotatable bonds is 8. The third-order valence-electron chi connectivity index (χ3n) is 4.74. The van der Waals surface area contributed by atoms with Crippen LogP contribution in [0.5, 0.6) is 11.5 Å². The number of benzene rings is 1. The fraction of sp³-hybridized carbons (Fsp3) is 0.381. The van der Waals surface area contributed by atoms with Crippen LogP contribution in [0.4, 0.5) is 5.82 Å². The van der Waals surface area contributed by atoms with Crippen LogP contribution < -0.4 is 19.7 Å². The molecule has 0 unspecified atom stereocenters. The van der Waals surface area contributed by atoms with Gasteiger partial charge in [0, 0.05) is 44.3 Å². The number of ether oxygens (including phenoxy) is 2. The fourth-order valence-electron chi connectivity index (χ4n) is 3.21. The van der Waals surface area contributed by atoms with Gasteiger partial charge in [0.15, 0.2) is 11.5 Å². The lowest BCUT2D eigenvalue weighted by molar-refractivity contribution is 0.171. The first-order valence-corrected chi connectivity index (χ1v) is 9.83. The van der Waals surface area contributed by atoms with Crippen LogP contribution in [0.25, 0.3) is 5.95 Å². The molecule has 2 aromatic heterocycles. The molecular weight excluding hydrogens is 368 g/mol. The minimum absolute atomic E-state index is 0.612. The molecule has 0 saturated carbocycles. The highest BCUT2D eigenvalue weighted by atomic mass is 16.6. The monoisotopic (exact) mass is 394 g/mol. The summed E-state index contributed by atoms with van der Waals surface area (Å²) in [5.41, 5.74) is 2.13. The molecule has 0 atom stereocenters. The van der Waals surface area contributed by atoms with E-state index >= 15 is 0 Å². The summed E-state index contributed by atoms with van der Waals surface area (Å²) in [5, 5.41) is 3.49. The standard InChI is InChI=1S/C21H26N6O2/c1-16-12-20(25-21(24-16)27-9-7-23-15-27)26(2)8-3-6-22-14-17-4-5-18-19(13-17)29-11-10-28-18/h4-5,7,9,12-13,15,22H,3,6,8,10-11,14H2,1-2H3. The highest BCUT2D eigenvalue weighted by Gasteiger charge is 2.11. The molecule has 0 aliphatic carbocycles. The lowest BCUT2D eigenvalue weighted by Crippen LogP contribution is -2.25. The molecule has 1 aliphatic heterocycles. The van der Waals surface area contributed by atoms with Gasteiger partial charge in [0.1, 0.15) is 25.4 Å². The molecule has 8 nitrogen and oxygen atoms in total. The van der Waals surface area contributed by atoms with Crippen molar-refractivity contribution in [1.29, 1.82) is 0 Å². The van der Waals surface area contributed by atoms with Crippen LogP contribution in [0.1, 0.15) is 17.7 Å². The summed E-state index contributed by atoms with van der Waals surface area (Å²) < 4.78 is 13.0. The quantitative estimate of drug-likeness (QED) is 0.588. The molecule has 8 heteroatoms. The Morgan fingerprint density at radius 1 is 1.14 bits per heavy atom. The van der Waals surface area contributed by atoms with E-state index in [0.717, 1.165) is 49.1 Å². The first-order valence-electron chi connectivity index (χ1n) is 9.83. The molecule has 152 valence electrons. The van der Waals surface area contributed by atoms with Crippen LogP contribution in [-0.2, 0) is 6.54 Å². The first kappa shape index (κ1) is 19.2. The Kier molecular flexibility index (Phi) is 5.90. The van der Waals surface area contributed by atoms with E-state index < -0.39 is 0 Å². The van der Waals surface area contributed by atoms with Crippen LogP contribution in [0, 0.1) is 6.92 Å². The van der Waals surface area contributed by atoms with E-state index in [1.807, 2.05) is 29.8 Å². The number of nitrogens with zero attached hydrogens (tertiary/aromatic N) is 5. The Labute approximate surface area is 170 Å². The van der Waals surface area contributed by atoms with Gasteiger partial charge in [0.05, 0.1) is 0 Å². The third kappa shape index (κ3) is 4.83. The van der Waals surface area contributed by atoms with Crippen molar-refractivity contribution in [3.63, 3.8) is 0 Å². The van der Waals surface area contributed by atoms with Gasteiger partial charge in [-0.1, -0.05) is 6.07 Å². The fourth-order valence-corrected chi connectivity index (χ4v) is 3.21. The van der Waals surface area contributed by atoms with Gasteiger partial charge in [-0.3, -0.25) is 4.57 Å². The molecule has 0 amide bonds. The van der Waals surface area contributed by atoms with E-state index in [1.165, 1.54) is 5.56 Å². The number of anilines is 1. The summed E-state index contributed by atoms with van der Waals surface area (Å²) in [6.07, 6.45) is 6.29. The SMILES string of the molecule is Cc1cc(N(C)CCCNCc2ccc3c(c2)OCCO3)nc(-n2ccnc2)n1. The Morgan fingerprint density at radius 3 is 2.83 bits per heavy atom. The predicted octanol–water partition coefficient (Wildman–Crippen LogP) is 2.36. The molecule has 1 N–H and O–H groups in total. The minimum atomic E-state index is 0.612. The Bertz CT molecular complexity index is 944. The highest BCUT2D eigenvalue weighted by Crippen LogP contribution is 2.30. The van der Waals surface area contributed by atoms with Crippen molar-refractivity contribution >= 4 is 5.82 Å². The molecule has 3 aromatic rings. The number of aryl methyl sites for hydroxylation is 1. The van der Waals surface area contributed by atoms with Crippen molar-refractivity contribution in [2.24, 2.45) is 0 Å². The molecule has 1 aromatic carbocycles. The Morgan fingerprint density at radius 2 is 2.00 bits per heavy atom. The number of hydrogen-bond acceptors (Lipinski definition) is 7. The summed E-state index contributed by atoms with van der Waals surface area (Å²) in [7, 11) is 2.06. The topological polar surface area (TPSA) is 77.3 Å². The second kappa shape index (κ2) is 8.91. The van der Waals surface area contributed by atoms with Crippen molar-refractivity contribution in [3.8, 4) is 17.4 Å². The van der Waals surface area contributed by atoms with Crippen molar-refractivity contribution in [2.75, 3.05) is 38.3 Å². The number of nitrogens with one attached hydrogen (secondary N) is 1. The second-order valence-corrected chi connectivity index (χ2v) is 7.07. The van der Waals surface area contributed by atoms with E-state index in [0.29, 0.717) is 19.2 Å². The van der Waals surface area contributed by atoms with Gasteiger partial charge in [-0.25, -0.2) is 9.97 Å². The van der Waals surface area contributed by atoms with Crippen molar-refractivity contribution < 1.29 is 9.47 Å². The van der Waals surface area contributed by atoms with Crippen molar-refractivity contribution in [3.05, 3.63) is 54.2 Å². The summed E-state index contributed by atoms with van der Waals surface area (Å²) in [6.45, 7) is 5.83. The van der Waals surface area contributed by atoms with E-state index in [9.17, 15) is 0 Å². The maximum absolute atomic E-state index is 5.64. The molecule has 0 spiro atoms. The molecule has 3 heterocycles. The summed E-state index contributed by atoms with van der Waals surface area (Å²) in [5.74, 6) is 3.22. The van der Waals surface area contributed by atoms with Gasteiger partial charge in [-0.05, 0) is 37.6 Å². The molecule has 1 aliphatic rings. The van der Waals surface area contributed by atoms with Crippen LogP contribution in [0.2, 0.25) is 0 Å². The zero-order valence-corrected chi connectivity index (χ0v) is 16.8. The average molecular weight is 394 g/mol. The highest BCUT2D eigenvalue weighted by molar-refractivity contribution is 5.44. The maximum atomic E-state index is 5.64. The van der Waals surface area contributed by atoms with Gasteiger partial charge in [0.25, 0.3) is 0 Å². The van der Waals surface area contributed by atoms with Crippen LogP contribution in [0.15, 0.2) is 43.0 Å². The zero-order valence-electron chi connectivity index (χ0n) is 16.8. The average Bonchev–Trinajstić information content (AvgIpc) is 3.28. The largest absolute Gasteiger partial charge is 0.486 e. The van der Waals surface area contributed by atoms with Crippen molar-refractivity contribution in [1.82, 2.24) is 24.8 Å². The molecule has 0 saturated heterocycles. The smallest absolute Gasteiger partial charge is 0.237 e. The summed E-state index contributed by atoms with van der Waals surface area (Å²) in [6, 6.07) is 8.11. The lowest BCUT2D eigenvalue weighted by atomic mass is 10.2. The predicted molar refractivity (Wildman–Crippen MR) is 111 cm³/mol. The van der Waals surface area contributed by atoms with Crippen LogP contribution in [-0.4, -0.2) is 52.9 Å². The molecule has 0 bridgehead atoms. The number of fused-ring (bicyclic) bond motifs is 1. The maximum Gasteiger partial charge on any atom is 0.237 e. The van der Waals surface area contributed by atoms with E-state index in [4.69, 9.17) is 9.47 Å². The number of hydrogen-bond donors (Lipinski definition) is 1. The Balaban J connectivity index is 1.26. The van der Waals surface area contributed by atoms with Gasteiger partial charge in [-0.2, -0.15) is 4.98 Å². The Hall–Kier alpha value is -3.13. The minimum Gasteiger partial charge on any atom is -0.486 e. The molecule has 29 heavy (non-hydrogen) atoms. The van der Waals surface area contributed by atoms with E-state index in [-0.39, 0.29) is 0 Å². The normalized spacial score (nSPS) is 12.8.